The van der Waals surface area contributed by atoms with Gasteiger partial charge in [-0.05, 0) is 48.2 Å². The lowest BCUT2D eigenvalue weighted by Crippen LogP contribution is -2.26. The van der Waals surface area contributed by atoms with Crippen LogP contribution in [0.3, 0.4) is 0 Å². The Labute approximate surface area is 154 Å². The maximum atomic E-state index is 12.9. The third-order valence-electron chi connectivity index (χ3n) is 4.69. The summed E-state index contributed by atoms with van der Waals surface area (Å²) in [5, 5.41) is 4.12. The Balaban J connectivity index is 2.00. The molecular formula is C22H25N3O. The van der Waals surface area contributed by atoms with Crippen LogP contribution in [0.25, 0.3) is 10.9 Å². The standard InChI is InChI=1S/C22H25N3O/c1-5-12-25-20-10-9-17(15(2)3)13-19(20)16(4)21(25)22(26)24-14-18-8-6-7-11-23-18/h5-11,13,15H,1,12,14H2,2-4H3,(H,24,26). The van der Waals surface area contributed by atoms with Gasteiger partial charge in [0.05, 0.1) is 12.2 Å². The molecule has 0 unspecified atom stereocenters. The number of aryl methyl sites for hydroxylation is 1. The van der Waals surface area contributed by atoms with Crippen LogP contribution in [0, 0.1) is 6.92 Å². The molecule has 0 bridgehead atoms. The second-order valence-corrected chi connectivity index (χ2v) is 6.81. The van der Waals surface area contributed by atoms with Gasteiger partial charge in [-0.3, -0.25) is 9.78 Å². The normalized spacial score (nSPS) is 11.1. The van der Waals surface area contributed by atoms with Crippen LogP contribution in [0.2, 0.25) is 0 Å². The van der Waals surface area contributed by atoms with E-state index >= 15 is 0 Å². The van der Waals surface area contributed by atoms with Crippen molar-refractivity contribution in [3.8, 4) is 0 Å². The van der Waals surface area contributed by atoms with Crippen molar-refractivity contribution in [2.45, 2.75) is 39.8 Å². The molecule has 4 nitrogen and oxygen atoms in total. The van der Waals surface area contributed by atoms with Gasteiger partial charge in [-0.2, -0.15) is 0 Å². The minimum Gasteiger partial charge on any atom is -0.345 e. The van der Waals surface area contributed by atoms with Crippen LogP contribution in [-0.2, 0) is 13.1 Å². The summed E-state index contributed by atoms with van der Waals surface area (Å²) in [7, 11) is 0. The second kappa shape index (κ2) is 7.56. The van der Waals surface area contributed by atoms with E-state index in [4.69, 9.17) is 0 Å². The molecule has 0 saturated heterocycles. The molecule has 4 heteroatoms. The van der Waals surface area contributed by atoms with Gasteiger partial charge in [0.25, 0.3) is 5.91 Å². The minimum absolute atomic E-state index is 0.0858. The third-order valence-corrected chi connectivity index (χ3v) is 4.69. The first-order valence-corrected chi connectivity index (χ1v) is 8.94. The number of allylic oxidation sites excluding steroid dienone is 1. The number of amides is 1. The number of carbonyl (C=O) groups is 1. The summed E-state index contributed by atoms with van der Waals surface area (Å²) in [4.78, 5) is 17.2. The van der Waals surface area contributed by atoms with Crippen LogP contribution in [0.5, 0.6) is 0 Å². The summed E-state index contributed by atoms with van der Waals surface area (Å²) in [6.45, 7) is 11.2. The number of hydrogen-bond donors (Lipinski definition) is 1. The molecule has 0 atom stereocenters. The Morgan fingerprint density at radius 3 is 2.77 bits per heavy atom. The first kappa shape index (κ1) is 17.9. The average Bonchev–Trinajstić information content (AvgIpc) is 2.92. The largest absolute Gasteiger partial charge is 0.345 e. The van der Waals surface area contributed by atoms with Crippen molar-refractivity contribution in [1.82, 2.24) is 14.9 Å². The van der Waals surface area contributed by atoms with E-state index in [2.05, 4.69) is 48.9 Å². The quantitative estimate of drug-likeness (QED) is 0.663. The number of fused-ring (bicyclic) bond motifs is 1. The molecule has 1 aromatic carbocycles. The number of benzene rings is 1. The molecule has 2 heterocycles. The van der Waals surface area contributed by atoms with Gasteiger partial charge in [0.1, 0.15) is 5.69 Å². The van der Waals surface area contributed by atoms with Crippen molar-refractivity contribution in [3.05, 3.63) is 77.8 Å². The number of nitrogens with zero attached hydrogens (tertiary/aromatic N) is 2. The number of pyridine rings is 1. The van der Waals surface area contributed by atoms with E-state index in [0.29, 0.717) is 24.7 Å². The number of hydrogen-bond acceptors (Lipinski definition) is 2. The molecule has 0 saturated carbocycles. The van der Waals surface area contributed by atoms with Crippen LogP contribution in [0.4, 0.5) is 0 Å². The highest BCUT2D eigenvalue weighted by Crippen LogP contribution is 2.29. The predicted octanol–water partition coefficient (Wildman–Crippen LogP) is 4.58. The Morgan fingerprint density at radius 1 is 1.31 bits per heavy atom. The molecule has 0 radical (unpaired) electrons. The van der Waals surface area contributed by atoms with Crippen molar-refractivity contribution in [1.29, 1.82) is 0 Å². The van der Waals surface area contributed by atoms with Crippen LogP contribution in [0.15, 0.2) is 55.3 Å². The fraction of sp³-hybridized carbons (Fsp3) is 0.273. The molecule has 0 spiro atoms. The fourth-order valence-corrected chi connectivity index (χ4v) is 3.27. The van der Waals surface area contributed by atoms with Crippen molar-refractivity contribution < 1.29 is 4.79 Å². The van der Waals surface area contributed by atoms with E-state index in [0.717, 1.165) is 22.2 Å². The summed E-state index contributed by atoms with van der Waals surface area (Å²) < 4.78 is 2.04. The van der Waals surface area contributed by atoms with Gasteiger partial charge < -0.3 is 9.88 Å². The molecule has 3 rings (SSSR count). The van der Waals surface area contributed by atoms with Crippen LogP contribution in [0.1, 0.15) is 47.1 Å². The van der Waals surface area contributed by atoms with Gasteiger partial charge in [0.2, 0.25) is 0 Å². The smallest absolute Gasteiger partial charge is 0.268 e. The highest BCUT2D eigenvalue weighted by molar-refractivity contribution is 6.01. The first-order valence-electron chi connectivity index (χ1n) is 8.94. The summed E-state index contributed by atoms with van der Waals surface area (Å²) in [5.74, 6) is 0.361. The van der Waals surface area contributed by atoms with Gasteiger partial charge in [-0.1, -0.05) is 32.1 Å². The van der Waals surface area contributed by atoms with Crippen molar-refractivity contribution in [2.24, 2.45) is 0 Å². The fourth-order valence-electron chi connectivity index (χ4n) is 3.27. The summed E-state index contributed by atoms with van der Waals surface area (Å²) >= 11 is 0. The molecule has 0 aliphatic rings. The van der Waals surface area contributed by atoms with Crippen molar-refractivity contribution >= 4 is 16.8 Å². The lowest BCUT2D eigenvalue weighted by molar-refractivity contribution is 0.0941. The lowest BCUT2D eigenvalue weighted by atomic mass is 10.0. The van der Waals surface area contributed by atoms with Crippen LogP contribution < -0.4 is 5.32 Å². The summed E-state index contributed by atoms with van der Waals surface area (Å²) in [5.41, 5.74) is 4.87. The molecule has 0 fully saturated rings. The molecule has 2 aromatic heterocycles. The van der Waals surface area contributed by atoms with Crippen molar-refractivity contribution in [2.75, 3.05) is 0 Å². The number of carbonyl (C=O) groups excluding carboxylic acids is 1. The maximum Gasteiger partial charge on any atom is 0.268 e. The number of nitrogens with one attached hydrogen (secondary N) is 1. The molecular weight excluding hydrogens is 322 g/mol. The zero-order valence-electron chi connectivity index (χ0n) is 15.6. The average molecular weight is 347 g/mol. The first-order chi connectivity index (χ1) is 12.5. The minimum atomic E-state index is -0.0858. The molecule has 1 N–H and O–H groups in total. The Hall–Kier alpha value is -2.88. The van der Waals surface area contributed by atoms with E-state index < -0.39 is 0 Å². The van der Waals surface area contributed by atoms with E-state index in [1.807, 2.05) is 35.8 Å². The predicted molar refractivity (Wildman–Crippen MR) is 106 cm³/mol. The maximum absolute atomic E-state index is 12.9. The molecule has 1 amide bonds. The molecule has 134 valence electrons. The van der Waals surface area contributed by atoms with Gasteiger partial charge in [-0.15, -0.1) is 6.58 Å². The Morgan fingerprint density at radius 2 is 2.12 bits per heavy atom. The van der Waals surface area contributed by atoms with Gasteiger partial charge >= 0.3 is 0 Å². The molecule has 0 aliphatic carbocycles. The Bertz CT molecular complexity index is 939. The lowest BCUT2D eigenvalue weighted by Gasteiger charge is -2.10. The van der Waals surface area contributed by atoms with E-state index in [1.165, 1.54) is 5.56 Å². The zero-order valence-corrected chi connectivity index (χ0v) is 15.6. The summed E-state index contributed by atoms with van der Waals surface area (Å²) in [6.07, 6.45) is 3.56. The zero-order chi connectivity index (χ0) is 18.7. The topological polar surface area (TPSA) is 46.9 Å². The molecule has 26 heavy (non-hydrogen) atoms. The van der Waals surface area contributed by atoms with E-state index in [1.54, 1.807) is 6.20 Å². The van der Waals surface area contributed by atoms with Crippen LogP contribution in [-0.4, -0.2) is 15.5 Å². The van der Waals surface area contributed by atoms with Gasteiger partial charge in [0.15, 0.2) is 0 Å². The molecule has 3 aromatic rings. The van der Waals surface area contributed by atoms with Gasteiger partial charge in [-0.25, -0.2) is 0 Å². The summed E-state index contributed by atoms with van der Waals surface area (Å²) in [6, 6.07) is 12.1. The highest BCUT2D eigenvalue weighted by atomic mass is 16.1. The Kier molecular flexibility index (Phi) is 5.21. The SMILES string of the molecule is C=CCn1c(C(=O)NCc2ccccn2)c(C)c2cc(C(C)C)ccc21. The van der Waals surface area contributed by atoms with E-state index in [-0.39, 0.29) is 5.91 Å². The highest BCUT2D eigenvalue weighted by Gasteiger charge is 2.20. The third kappa shape index (κ3) is 3.40. The number of aromatic nitrogens is 2. The molecule has 0 aliphatic heterocycles. The van der Waals surface area contributed by atoms with E-state index in [9.17, 15) is 4.79 Å². The van der Waals surface area contributed by atoms with Crippen LogP contribution >= 0.6 is 0 Å². The monoisotopic (exact) mass is 347 g/mol. The van der Waals surface area contributed by atoms with Crippen molar-refractivity contribution in [3.63, 3.8) is 0 Å². The second-order valence-electron chi connectivity index (χ2n) is 6.81. The van der Waals surface area contributed by atoms with Gasteiger partial charge in [0, 0.05) is 23.6 Å². The number of rotatable bonds is 6.